The van der Waals surface area contributed by atoms with E-state index in [1.54, 1.807) is 6.07 Å². The fourth-order valence-electron chi connectivity index (χ4n) is 1.97. The van der Waals surface area contributed by atoms with Gasteiger partial charge >= 0.3 is 6.29 Å². The molecule has 1 aliphatic heterocycles. The lowest BCUT2D eigenvalue weighted by atomic mass is 9.95. The lowest BCUT2D eigenvalue weighted by Crippen LogP contribution is -2.26. The van der Waals surface area contributed by atoms with Gasteiger partial charge in [0.1, 0.15) is 0 Å². The molecule has 1 unspecified atom stereocenters. The summed E-state index contributed by atoms with van der Waals surface area (Å²) >= 11 is 0. The Kier molecular flexibility index (Phi) is 2.74. The molecule has 1 aliphatic rings. The van der Waals surface area contributed by atoms with Gasteiger partial charge in [-0.3, -0.25) is 0 Å². The predicted molar refractivity (Wildman–Crippen MR) is 56.0 cm³/mol. The van der Waals surface area contributed by atoms with Gasteiger partial charge in [0.25, 0.3) is 0 Å². The molecule has 4 heteroatoms. The van der Waals surface area contributed by atoms with Crippen molar-refractivity contribution in [1.82, 2.24) is 0 Å². The topological polar surface area (TPSA) is 18.5 Å². The average Bonchev–Trinajstić information content (AvgIpc) is 2.51. The van der Waals surface area contributed by atoms with Gasteiger partial charge in [0.05, 0.1) is 0 Å². The van der Waals surface area contributed by atoms with Crippen LogP contribution >= 0.6 is 0 Å². The molecule has 16 heavy (non-hydrogen) atoms. The Bertz CT molecular complexity index is 391. The summed E-state index contributed by atoms with van der Waals surface area (Å²) in [6, 6.07) is 5.02. The summed E-state index contributed by atoms with van der Waals surface area (Å²) in [7, 11) is 0. The molecular formula is C12H14F2O2. The van der Waals surface area contributed by atoms with Crippen LogP contribution in [0.25, 0.3) is 0 Å². The van der Waals surface area contributed by atoms with Crippen LogP contribution in [0.15, 0.2) is 18.2 Å². The van der Waals surface area contributed by atoms with Crippen LogP contribution in [0.4, 0.5) is 8.78 Å². The maximum Gasteiger partial charge on any atom is 0.586 e. The normalized spacial score (nSPS) is 18.5. The van der Waals surface area contributed by atoms with Crippen molar-refractivity contribution >= 4 is 0 Å². The minimum Gasteiger partial charge on any atom is -0.395 e. The van der Waals surface area contributed by atoms with E-state index < -0.39 is 6.29 Å². The van der Waals surface area contributed by atoms with Gasteiger partial charge in [-0.2, -0.15) is 0 Å². The van der Waals surface area contributed by atoms with Crippen molar-refractivity contribution in [2.75, 3.05) is 0 Å². The van der Waals surface area contributed by atoms with Gasteiger partial charge in [-0.15, -0.1) is 8.78 Å². The third-order valence-corrected chi connectivity index (χ3v) is 2.71. The molecule has 0 saturated carbocycles. The number of benzene rings is 1. The zero-order valence-corrected chi connectivity index (χ0v) is 9.30. The number of alkyl halides is 2. The lowest BCUT2D eigenvalue weighted by Gasteiger charge is -2.13. The summed E-state index contributed by atoms with van der Waals surface area (Å²) in [5, 5.41) is 0. The highest BCUT2D eigenvalue weighted by atomic mass is 19.3. The highest BCUT2D eigenvalue weighted by Crippen LogP contribution is 2.46. The standard InChI is InChI=1S/C12H14F2O2/c1-3-5-8(2)9-6-4-7-10-11(9)16-12(13,14)15-10/h4,6-8H,3,5H2,1-2H3. The van der Waals surface area contributed by atoms with Crippen LogP contribution in [0.5, 0.6) is 11.5 Å². The number of halogens is 2. The third-order valence-electron chi connectivity index (χ3n) is 2.71. The van der Waals surface area contributed by atoms with Gasteiger partial charge < -0.3 is 9.47 Å². The lowest BCUT2D eigenvalue weighted by molar-refractivity contribution is -0.287. The second-order valence-corrected chi connectivity index (χ2v) is 4.03. The second kappa shape index (κ2) is 3.92. The van der Waals surface area contributed by atoms with E-state index in [0.717, 1.165) is 18.4 Å². The molecule has 0 bridgehead atoms. The molecule has 1 atom stereocenters. The van der Waals surface area contributed by atoms with Crippen LogP contribution in [-0.4, -0.2) is 6.29 Å². The summed E-state index contributed by atoms with van der Waals surface area (Å²) in [5.74, 6) is 0.511. The van der Waals surface area contributed by atoms with Crippen molar-refractivity contribution in [3.63, 3.8) is 0 Å². The molecule has 0 radical (unpaired) electrons. The van der Waals surface area contributed by atoms with Gasteiger partial charge in [0, 0.05) is 5.56 Å². The molecule has 0 amide bonds. The van der Waals surface area contributed by atoms with E-state index in [9.17, 15) is 8.78 Å². The van der Waals surface area contributed by atoms with E-state index in [4.69, 9.17) is 0 Å². The van der Waals surface area contributed by atoms with Crippen molar-refractivity contribution in [3.05, 3.63) is 23.8 Å². The Labute approximate surface area is 93.2 Å². The van der Waals surface area contributed by atoms with Gasteiger partial charge in [0.2, 0.25) is 0 Å². The van der Waals surface area contributed by atoms with E-state index in [2.05, 4.69) is 16.4 Å². The van der Waals surface area contributed by atoms with Crippen LogP contribution in [0.2, 0.25) is 0 Å². The zero-order chi connectivity index (χ0) is 11.8. The number of rotatable bonds is 3. The molecular weight excluding hydrogens is 214 g/mol. The van der Waals surface area contributed by atoms with Crippen LogP contribution in [-0.2, 0) is 0 Å². The SMILES string of the molecule is CCCC(C)c1cccc2c1OC(F)(F)O2. The number of hydrogen-bond acceptors (Lipinski definition) is 2. The molecule has 2 nitrogen and oxygen atoms in total. The van der Waals surface area contributed by atoms with Crippen molar-refractivity contribution in [3.8, 4) is 11.5 Å². The average molecular weight is 228 g/mol. The van der Waals surface area contributed by atoms with Gasteiger partial charge in [0.15, 0.2) is 11.5 Å². The smallest absolute Gasteiger partial charge is 0.395 e. The fraction of sp³-hybridized carbons (Fsp3) is 0.500. The number of hydrogen-bond donors (Lipinski definition) is 0. The minimum atomic E-state index is -3.52. The number of ether oxygens (including phenoxy) is 2. The Balaban J connectivity index is 2.33. The van der Waals surface area contributed by atoms with Crippen molar-refractivity contribution < 1.29 is 18.3 Å². The van der Waals surface area contributed by atoms with E-state index in [0.29, 0.717) is 0 Å². The third kappa shape index (κ3) is 1.96. The first-order chi connectivity index (χ1) is 7.53. The Morgan fingerprint density at radius 3 is 2.75 bits per heavy atom. The first-order valence-electron chi connectivity index (χ1n) is 5.42. The molecule has 0 aliphatic carbocycles. The summed E-state index contributed by atoms with van der Waals surface area (Å²) in [5.41, 5.74) is 0.788. The monoisotopic (exact) mass is 228 g/mol. The molecule has 0 aromatic heterocycles. The fourth-order valence-corrected chi connectivity index (χ4v) is 1.97. The van der Waals surface area contributed by atoms with Gasteiger partial charge in [-0.25, -0.2) is 0 Å². The van der Waals surface area contributed by atoms with Gasteiger partial charge in [-0.05, 0) is 18.4 Å². The Morgan fingerprint density at radius 2 is 2.06 bits per heavy atom. The summed E-state index contributed by atoms with van der Waals surface area (Å²) in [6.45, 7) is 4.06. The zero-order valence-electron chi connectivity index (χ0n) is 9.30. The van der Waals surface area contributed by atoms with Crippen LogP contribution in [0.1, 0.15) is 38.2 Å². The predicted octanol–water partition coefficient (Wildman–Crippen LogP) is 3.91. The summed E-state index contributed by atoms with van der Waals surface area (Å²) in [6.07, 6.45) is -1.59. The molecule has 0 saturated heterocycles. The maximum atomic E-state index is 12.9. The Hall–Kier alpha value is -1.32. The summed E-state index contributed by atoms with van der Waals surface area (Å²) < 4.78 is 34.8. The molecule has 2 rings (SSSR count). The minimum absolute atomic E-state index is 0.130. The summed E-state index contributed by atoms with van der Waals surface area (Å²) in [4.78, 5) is 0. The quantitative estimate of drug-likeness (QED) is 0.780. The molecule has 0 spiro atoms. The molecule has 1 heterocycles. The van der Waals surface area contributed by atoms with E-state index >= 15 is 0 Å². The van der Waals surface area contributed by atoms with Crippen molar-refractivity contribution in [2.24, 2.45) is 0 Å². The van der Waals surface area contributed by atoms with Crippen LogP contribution in [0.3, 0.4) is 0 Å². The molecule has 0 N–H and O–H groups in total. The number of fused-ring (bicyclic) bond motifs is 1. The van der Waals surface area contributed by atoms with Gasteiger partial charge in [-0.1, -0.05) is 32.4 Å². The highest BCUT2D eigenvalue weighted by molar-refractivity contribution is 5.50. The van der Waals surface area contributed by atoms with E-state index in [1.165, 1.54) is 6.07 Å². The first-order valence-corrected chi connectivity index (χ1v) is 5.42. The molecule has 1 aromatic carbocycles. The molecule has 88 valence electrons. The second-order valence-electron chi connectivity index (χ2n) is 4.03. The van der Waals surface area contributed by atoms with Crippen LogP contribution in [0, 0.1) is 0 Å². The molecule has 1 aromatic rings. The largest absolute Gasteiger partial charge is 0.586 e. The van der Waals surface area contributed by atoms with Crippen molar-refractivity contribution in [1.29, 1.82) is 0 Å². The Morgan fingerprint density at radius 1 is 1.31 bits per heavy atom. The maximum absolute atomic E-state index is 12.9. The van der Waals surface area contributed by atoms with E-state index in [1.807, 2.05) is 13.0 Å². The number of para-hydroxylation sites is 1. The van der Waals surface area contributed by atoms with Crippen molar-refractivity contribution in [2.45, 2.75) is 38.9 Å². The first kappa shape index (κ1) is 11.2. The molecule has 0 fully saturated rings. The van der Waals surface area contributed by atoms with Crippen LogP contribution < -0.4 is 9.47 Å². The highest BCUT2D eigenvalue weighted by Gasteiger charge is 2.44. The van der Waals surface area contributed by atoms with E-state index in [-0.39, 0.29) is 17.4 Å².